The molecule has 0 unspecified atom stereocenters. The zero-order chi connectivity index (χ0) is 15.6. The zero-order valence-corrected chi connectivity index (χ0v) is 13.8. The van der Waals surface area contributed by atoms with Gasteiger partial charge in [-0.15, -0.1) is 0 Å². The summed E-state index contributed by atoms with van der Waals surface area (Å²) in [6, 6.07) is 8.93. The fourth-order valence-corrected chi connectivity index (χ4v) is 3.03. The fourth-order valence-electron chi connectivity index (χ4n) is 3.03. The molecule has 4 heteroatoms. The summed E-state index contributed by atoms with van der Waals surface area (Å²) in [5.74, 6) is 0. The molecule has 0 amide bonds. The van der Waals surface area contributed by atoms with E-state index >= 15 is 0 Å². The summed E-state index contributed by atoms with van der Waals surface area (Å²) < 4.78 is 5.14. The number of methoxy groups -OCH3 is 1. The van der Waals surface area contributed by atoms with Crippen LogP contribution in [0.3, 0.4) is 0 Å². The van der Waals surface area contributed by atoms with Crippen molar-refractivity contribution in [3.05, 3.63) is 29.8 Å². The van der Waals surface area contributed by atoms with Gasteiger partial charge < -0.3 is 14.7 Å². The molecule has 1 aromatic carbocycles. The molecule has 0 spiro atoms. The molecule has 0 bridgehead atoms. The minimum atomic E-state index is 0.190. The van der Waals surface area contributed by atoms with Gasteiger partial charge in [0.05, 0.1) is 13.2 Å². The first-order valence-electron chi connectivity index (χ1n) is 8.49. The Hall–Kier alpha value is -1.10. The summed E-state index contributed by atoms with van der Waals surface area (Å²) in [5, 5.41) is 9.17. The number of rotatable bonds is 8. The van der Waals surface area contributed by atoms with Crippen molar-refractivity contribution < 1.29 is 9.84 Å². The summed E-state index contributed by atoms with van der Waals surface area (Å²) in [5.41, 5.74) is 2.64. The van der Waals surface area contributed by atoms with Gasteiger partial charge in [-0.25, -0.2) is 0 Å². The second-order valence-electron chi connectivity index (χ2n) is 6.06. The summed E-state index contributed by atoms with van der Waals surface area (Å²) in [7, 11) is 1.72. The maximum Gasteiger partial charge on any atom is 0.0589 e. The maximum absolute atomic E-state index is 9.17. The van der Waals surface area contributed by atoms with Crippen LogP contribution in [-0.2, 0) is 11.3 Å². The van der Waals surface area contributed by atoms with Crippen molar-refractivity contribution in [2.75, 3.05) is 51.4 Å². The molecule has 22 heavy (non-hydrogen) atoms. The van der Waals surface area contributed by atoms with E-state index in [-0.39, 0.29) is 6.61 Å². The molecule has 0 atom stereocenters. The van der Waals surface area contributed by atoms with Crippen LogP contribution in [0.1, 0.15) is 31.2 Å². The molecule has 0 radical (unpaired) electrons. The average Bonchev–Trinajstić information content (AvgIpc) is 2.83. The van der Waals surface area contributed by atoms with Gasteiger partial charge in [-0.05, 0) is 30.5 Å². The molecular weight excluding hydrogens is 276 g/mol. The van der Waals surface area contributed by atoms with E-state index in [1.165, 1.54) is 50.0 Å². The molecule has 1 aliphatic rings. The summed E-state index contributed by atoms with van der Waals surface area (Å²) >= 11 is 0. The van der Waals surface area contributed by atoms with Crippen LogP contribution in [0.5, 0.6) is 0 Å². The standard InChI is InChI=1S/C18H30N2O2/c1-22-15-13-19(12-14-21)16-17-6-8-18(9-7-17)20-10-4-2-3-5-11-20/h6-9,21H,2-5,10-16H2,1H3. The summed E-state index contributed by atoms with van der Waals surface area (Å²) in [4.78, 5) is 4.73. The lowest BCUT2D eigenvalue weighted by Gasteiger charge is -2.24. The van der Waals surface area contributed by atoms with Crippen molar-refractivity contribution >= 4 is 5.69 Å². The lowest BCUT2D eigenvalue weighted by atomic mass is 10.1. The van der Waals surface area contributed by atoms with Crippen molar-refractivity contribution in [2.45, 2.75) is 32.2 Å². The van der Waals surface area contributed by atoms with E-state index in [0.29, 0.717) is 13.2 Å². The van der Waals surface area contributed by atoms with Crippen LogP contribution in [0.15, 0.2) is 24.3 Å². The van der Waals surface area contributed by atoms with Crippen molar-refractivity contribution in [3.63, 3.8) is 0 Å². The molecule has 1 heterocycles. The summed E-state index contributed by atoms with van der Waals surface area (Å²) in [6.07, 6.45) is 5.35. The number of nitrogens with zero attached hydrogens (tertiary/aromatic N) is 2. The van der Waals surface area contributed by atoms with Crippen LogP contribution in [0.2, 0.25) is 0 Å². The molecule has 1 saturated heterocycles. The Kier molecular flexibility index (Phi) is 7.71. The third-order valence-corrected chi connectivity index (χ3v) is 4.34. The third kappa shape index (κ3) is 5.59. The lowest BCUT2D eigenvalue weighted by Crippen LogP contribution is -2.30. The van der Waals surface area contributed by atoms with Crippen molar-refractivity contribution in [1.82, 2.24) is 4.90 Å². The molecule has 1 aromatic rings. The van der Waals surface area contributed by atoms with E-state index < -0.39 is 0 Å². The Bertz CT molecular complexity index is 400. The number of benzene rings is 1. The van der Waals surface area contributed by atoms with Crippen molar-refractivity contribution in [3.8, 4) is 0 Å². The Morgan fingerprint density at radius 1 is 1.05 bits per heavy atom. The van der Waals surface area contributed by atoms with Crippen LogP contribution >= 0.6 is 0 Å². The second-order valence-corrected chi connectivity index (χ2v) is 6.06. The van der Waals surface area contributed by atoms with Gasteiger partial charge in [0.2, 0.25) is 0 Å². The van der Waals surface area contributed by atoms with Gasteiger partial charge in [0.25, 0.3) is 0 Å². The predicted molar refractivity (Wildman–Crippen MR) is 91.4 cm³/mol. The van der Waals surface area contributed by atoms with E-state index in [2.05, 4.69) is 34.1 Å². The maximum atomic E-state index is 9.17. The Morgan fingerprint density at radius 3 is 2.32 bits per heavy atom. The third-order valence-electron chi connectivity index (χ3n) is 4.34. The first-order valence-corrected chi connectivity index (χ1v) is 8.49. The number of hydrogen-bond acceptors (Lipinski definition) is 4. The van der Waals surface area contributed by atoms with Gasteiger partial charge in [-0.2, -0.15) is 0 Å². The number of anilines is 1. The highest BCUT2D eigenvalue weighted by molar-refractivity contribution is 5.47. The van der Waals surface area contributed by atoms with Gasteiger partial charge in [0.15, 0.2) is 0 Å². The number of aliphatic hydroxyl groups is 1. The van der Waals surface area contributed by atoms with E-state index in [1.807, 2.05) is 0 Å². The largest absolute Gasteiger partial charge is 0.395 e. The molecule has 0 aromatic heterocycles. The van der Waals surface area contributed by atoms with Gasteiger partial charge >= 0.3 is 0 Å². The van der Waals surface area contributed by atoms with Gasteiger partial charge in [-0.1, -0.05) is 25.0 Å². The quantitative estimate of drug-likeness (QED) is 0.800. The number of ether oxygens (including phenoxy) is 1. The fraction of sp³-hybridized carbons (Fsp3) is 0.667. The molecule has 4 nitrogen and oxygen atoms in total. The van der Waals surface area contributed by atoms with Crippen LogP contribution < -0.4 is 4.90 Å². The monoisotopic (exact) mass is 306 g/mol. The van der Waals surface area contributed by atoms with Gasteiger partial charge in [0.1, 0.15) is 0 Å². The average molecular weight is 306 g/mol. The van der Waals surface area contributed by atoms with Crippen LogP contribution in [0.25, 0.3) is 0 Å². The highest BCUT2D eigenvalue weighted by atomic mass is 16.5. The number of aliphatic hydroxyl groups excluding tert-OH is 1. The normalized spacial score (nSPS) is 16.0. The van der Waals surface area contributed by atoms with Crippen molar-refractivity contribution in [2.24, 2.45) is 0 Å². The Labute approximate surface area is 134 Å². The predicted octanol–water partition coefficient (Wildman–Crippen LogP) is 2.51. The molecule has 1 N–H and O–H groups in total. The minimum Gasteiger partial charge on any atom is -0.395 e. The van der Waals surface area contributed by atoms with Crippen LogP contribution in [0, 0.1) is 0 Å². The first-order chi connectivity index (χ1) is 10.8. The molecule has 0 aliphatic carbocycles. The van der Waals surface area contributed by atoms with Crippen LogP contribution in [0.4, 0.5) is 5.69 Å². The number of hydrogen-bond donors (Lipinski definition) is 1. The second kappa shape index (κ2) is 9.82. The molecule has 2 rings (SSSR count). The molecule has 124 valence electrons. The highest BCUT2D eigenvalue weighted by Gasteiger charge is 2.10. The van der Waals surface area contributed by atoms with Crippen molar-refractivity contribution in [1.29, 1.82) is 0 Å². The Balaban J connectivity index is 1.91. The lowest BCUT2D eigenvalue weighted by molar-refractivity contribution is 0.127. The topological polar surface area (TPSA) is 35.9 Å². The highest BCUT2D eigenvalue weighted by Crippen LogP contribution is 2.20. The molecular formula is C18H30N2O2. The van der Waals surface area contributed by atoms with E-state index in [0.717, 1.165) is 13.1 Å². The minimum absolute atomic E-state index is 0.190. The van der Waals surface area contributed by atoms with Gasteiger partial charge in [-0.3, -0.25) is 4.90 Å². The first kappa shape index (κ1) is 17.3. The Morgan fingerprint density at radius 2 is 1.73 bits per heavy atom. The van der Waals surface area contributed by atoms with E-state index in [9.17, 15) is 0 Å². The molecule has 0 saturated carbocycles. The molecule has 1 aliphatic heterocycles. The smallest absolute Gasteiger partial charge is 0.0589 e. The zero-order valence-electron chi connectivity index (χ0n) is 13.8. The van der Waals surface area contributed by atoms with Crippen LogP contribution in [-0.4, -0.2) is 56.5 Å². The summed E-state index contributed by atoms with van der Waals surface area (Å²) in [6.45, 7) is 5.67. The van der Waals surface area contributed by atoms with E-state index in [4.69, 9.17) is 9.84 Å². The van der Waals surface area contributed by atoms with E-state index in [1.54, 1.807) is 7.11 Å². The van der Waals surface area contributed by atoms with Gasteiger partial charge in [0, 0.05) is 45.5 Å². The SMILES string of the molecule is COCCN(CCO)Cc1ccc(N2CCCCCC2)cc1. The molecule has 1 fully saturated rings.